The van der Waals surface area contributed by atoms with E-state index in [4.69, 9.17) is 4.98 Å². The number of hydrogen-bond acceptors (Lipinski definition) is 9. The molecule has 9 heteroatoms. The number of piperidine rings is 2. The molecule has 0 bridgehead atoms. The van der Waals surface area contributed by atoms with Gasteiger partial charge in [0, 0.05) is 47.3 Å². The molecule has 2 fully saturated rings. The molecule has 0 amide bonds. The zero-order chi connectivity index (χ0) is 25.4. The first kappa shape index (κ1) is 27.0. The Hall–Kier alpha value is -1.55. The number of aliphatic hydroxyl groups is 2. The Morgan fingerprint density at radius 1 is 0.706 bits per heavy atom. The molecule has 2 aliphatic heterocycles. The highest BCUT2D eigenvalue weighted by molar-refractivity contribution is 5.40. The predicted octanol–water partition coefficient (Wildman–Crippen LogP) is 1.89. The Labute approximate surface area is 205 Å². The Balaban J connectivity index is 1.93. The second-order valence-corrected chi connectivity index (χ2v) is 12.8. The van der Waals surface area contributed by atoms with Crippen molar-refractivity contribution >= 4 is 11.9 Å². The fourth-order valence-electron chi connectivity index (χ4n) is 6.60. The maximum absolute atomic E-state index is 9.88. The lowest BCUT2D eigenvalue weighted by molar-refractivity contribution is 0.154. The highest BCUT2D eigenvalue weighted by Crippen LogP contribution is 2.35. The fraction of sp³-hybridized carbons (Fsp3) is 0.880. The van der Waals surface area contributed by atoms with Gasteiger partial charge in [-0.1, -0.05) is 0 Å². The van der Waals surface area contributed by atoms with Gasteiger partial charge in [-0.2, -0.15) is 15.0 Å². The predicted molar refractivity (Wildman–Crippen MR) is 136 cm³/mol. The van der Waals surface area contributed by atoms with Gasteiger partial charge in [-0.3, -0.25) is 0 Å². The number of rotatable bonds is 8. The van der Waals surface area contributed by atoms with Crippen LogP contribution in [-0.2, 0) is 0 Å². The summed E-state index contributed by atoms with van der Waals surface area (Å²) in [5.41, 5.74) is -0.187. The molecular formula is C25H46N7O2. The molecule has 193 valence electrons. The minimum Gasteiger partial charge on any atom is -0.395 e. The van der Waals surface area contributed by atoms with Crippen molar-refractivity contribution in [3.63, 3.8) is 0 Å². The van der Waals surface area contributed by atoms with Crippen molar-refractivity contribution in [3.8, 4) is 0 Å². The maximum Gasteiger partial charge on any atom is 0.231 e. The van der Waals surface area contributed by atoms with Gasteiger partial charge < -0.3 is 30.6 Å². The molecule has 2 saturated heterocycles. The van der Waals surface area contributed by atoms with E-state index in [2.05, 4.69) is 92.1 Å². The van der Waals surface area contributed by atoms with E-state index < -0.39 is 0 Å². The van der Waals surface area contributed by atoms with E-state index in [0.29, 0.717) is 25.0 Å². The van der Waals surface area contributed by atoms with Crippen molar-refractivity contribution in [2.75, 3.05) is 36.1 Å². The summed E-state index contributed by atoms with van der Waals surface area (Å²) in [5.74, 6) is 1.07. The van der Waals surface area contributed by atoms with Crippen LogP contribution in [0, 0.1) is 6.33 Å². The molecule has 1 aromatic heterocycles. The zero-order valence-corrected chi connectivity index (χ0v) is 22.4. The first-order chi connectivity index (χ1) is 15.7. The number of nitrogens with zero attached hydrogens (tertiary/aromatic N) is 5. The zero-order valence-electron chi connectivity index (χ0n) is 22.4. The average molecular weight is 477 g/mol. The highest BCUT2D eigenvalue weighted by Gasteiger charge is 2.42. The summed E-state index contributed by atoms with van der Waals surface area (Å²) in [4.78, 5) is 17.9. The van der Waals surface area contributed by atoms with Crippen LogP contribution < -0.4 is 20.4 Å². The van der Waals surface area contributed by atoms with E-state index in [1.807, 2.05) is 0 Å². The van der Waals surface area contributed by atoms with Crippen LogP contribution in [0.5, 0.6) is 0 Å². The van der Waals surface area contributed by atoms with Crippen molar-refractivity contribution < 1.29 is 10.2 Å². The molecule has 1 aromatic rings. The molecule has 0 aliphatic carbocycles. The quantitative estimate of drug-likeness (QED) is 0.447. The third-order valence-electron chi connectivity index (χ3n) is 6.91. The lowest BCUT2D eigenvalue weighted by atomic mass is 9.79. The van der Waals surface area contributed by atoms with Crippen molar-refractivity contribution in [2.24, 2.45) is 0 Å². The number of nitrogens with one attached hydrogen (secondary N) is 2. The lowest BCUT2D eigenvalue weighted by Gasteiger charge is -2.50. The van der Waals surface area contributed by atoms with Crippen LogP contribution in [-0.4, -0.2) is 85.7 Å². The van der Waals surface area contributed by atoms with E-state index >= 15 is 0 Å². The minimum atomic E-state index is -0.0467. The van der Waals surface area contributed by atoms with Gasteiger partial charge in [0.25, 0.3) is 0 Å². The van der Waals surface area contributed by atoms with Crippen molar-refractivity contribution in [3.05, 3.63) is 6.33 Å². The molecule has 3 rings (SSSR count). The molecule has 4 N–H and O–H groups in total. The van der Waals surface area contributed by atoms with Gasteiger partial charge in [0.1, 0.15) is 0 Å². The molecule has 0 spiro atoms. The monoisotopic (exact) mass is 476 g/mol. The van der Waals surface area contributed by atoms with E-state index in [1.54, 1.807) is 0 Å². The molecule has 3 heterocycles. The number of aliphatic hydroxyl groups excluding tert-OH is 2. The Morgan fingerprint density at radius 2 is 1.03 bits per heavy atom. The molecule has 0 aromatic carbocycles. The second-order valence-electron chi connectivity index (χ2n) is 12.8. The summed E-state index contributed by atoms with van der Waals surface area (Å²) in [7, 11) is 0. The van der Waals surface area contributed by atoms with Crippen molar-refractivity contribution in [1.82, 2.24) is 25.6 Å². The van der Waals surface area contributed by atoms with Crippen LogP contribution in [0.4, 0.5) is 11.9 Å². The standard InChI is InChI=1S/C25H46N7O2/c1-22(2)13-18(14-23(3,4)29-22)31(9-11-33)20-26-17-27-21(28-20)32(10-12-34)19-15-24(5,6)30-25(7,8)16-19/h18-19,29-30,33-34H,9-16H2,1-8H3. The maximum atomic E-state index is 9.88. The van der Waals surface area contributed by atoms with Gasteiger partial charge in [0.2, 0.25) is 18.2 Å². The van der Waals surface area contributed by atoms with E-state index in [9.17, 15) is 10.2 Å². The highest BCUT2D eigenvalue weighted by atomic mass is 16.3. The van der Waals surface area contributed by atoms with Gasteiger partial charge in [-0.15, -0.1) is 0 Å². The molecule has 2 aliphatic rings. The molecule has 1 radical (unpaired) electrons. The number of aromatic nitrogens is 3. The normalized spacial score (nSPS) is 24.1. The van der Waals surface area contributed by atoms with Crippen LogP contribution in [0.15, 0.2) is 0 Å². The van der Waals surface area contributed by atoms with E-state index in [-0.39, 0.29) is 47.5 Å². The van der Waals surface area contributed by atoms with Crippen LogP contribution >= 0.6 is 0 Å². The molecule has 0 atom stereocenters. The van der Waals surface area contributed by atoms with Gasteiger partial charge in [-0.05, 0) is 81.1 Å². The first-order valence-corrected chi connectivity index (χ1v) is 12.6. The van der Waals surface area contributed by atoms with Gasteiger partial charge in [0.15, 0.2) is 0 Å². The second kappa shape index (κ2) is 9.84. The van der Waals surface area contributed by atoms with E-state index in [0.717, 1.165) is 25.7 Å². The fourth-order valence-corrected chi connectivity index (χ4v) is 6.60. The average Bonchev–Trinajstić information content (AvgIpc) is 2.65. The van der Waals surface area contributed by atoms with Gasteiger partial charge in [0.05, 0.1) is 13.2 Å². The van der Waals surface area contributed by atoms with Crippen LogP contribution in [0.25, 0.3) is 0 Å². The third kappa shape index (κ3) is 6.77. The Morgan fingerprint density at radius 3 is 1.32 bits per heavy atom. The summed E-state index contributed by atoms with van der Waals surface area (Å²) in [6.07, 6.45) is 6.47. The summed E-state index contributed by atoms with van der Waals surface area (Å²) < 4.78 is 0. The smallest absolute Gasteiger partial charge is 0.231 e. The molecule has 9 nitrogen and oxygen atoms in total. The number of anilines is 2. The summed E-state index contributed by atoms with van der Waals surface area (Å²) in [5, 5.41) is 27.2. The SMILES string of the molecule is CC1(C)CC(N(CCO)c2n[c]nc(N(CCO)C3CC(C)(C)NC(C)(C)C3)n2)CC(C)(C)N1. The minimum absolute atomic E-state index is 0.0167. The summed E-state index contributed by atoms with van der Waals surface area (Å²) >= 11 is 0. The van der Waals surface area contributed by atoms with Gasteiger partial charge >= 0.3 is 0 Å². The summed E-state index contributed by atoms with van der Waals surface area (Å²) in [6.45, 7) is 18.6. The van der Waals surface area contributed by atoms with Gasteiger partial charge in [-0.25, -0.2) is 0 Å². The summed E-state index contributed by atoms with van der Waals surface area (Å²) in [6, 6.07) is 0.343. The Bertz CT molecular complexity index is 732. The van der Waals surface area contributed by atoms with E-state index in [1.165, 1.54) is 0 Å². The van der Waals surface area contributed by atoms with Crippen LogP contribution in [0.2, 0.25) is 0 Å². The van der Waals surface area contributed by atoms with Crippen LogP contribution in [0.1, 0.15) is 81.1 Å². The molecule has 34 heavy (non-hydrogen) atoms. The molecule has 0 unspecified atom stereocenters. The Kier molecular flexibility index (Phi) is 7.82. The number of hydrogen-bond donors (Lipinski definition) is 4. The molecule has 0 saturated carbocycles. The van der Waals surface area contributed by atoms with Crippen LogP contribution in [0.3, 0.4) is 0 Å². The third-order valence-corrected chi connectivity index (χ3v) is 6.91. The topological polar surface area (TPSA) is 110 Å². The lowest BCUT2D eigenvalue weighted by Crippen LogP contribution is -2.63. The molecular weight excluding hydrogens is 430 g/mol. The largest absolute Gasteiger partial charge is 0.395 e. The van der Waals surface area contributed by atoms with Crippen molar-refractivity contribution in [1.29, 1.82) is 0 Å². The first-order valence-electron chi connectivity index (χ1n) is 12.6. The van der Waals surface area contributed by atoms with Crippen molar-refractivity contribution in [2.45, 2.75) is 115 Å².